The van der Waals surface area contributed by atoms with E-state index in [9.17, 15) is 13.6 Å². The summed E-state index contributed by atoms with van der Waals surface area (Å²) in [5.74, 6) is -1.47. The van der Waals surface area contributed by atoms with Gasteiger partial charge >= 0.3 is 5.97 Å². The van der Waals surface area contributed by atoms with E-state index < -0.39 is 11.6 Å². The molecule has 1 saturated heterocycles. The second-order valence-corrected chi connectivity index (χ2v) is 4.78. The topological polar surface area (TPSA) is 29.5 Å². The molecular formula is C14H17F2NO2. The highest BCUT2D eigenvalue weighted by Gasteiger charge is 2.29. The van der Waals surface area contributed by atoms with Crippen molar-refractivity contribution in [2.75, 3.05) is 13.7 Å². The van der Waals surface area contributed by atoms with E-state index >= 15 is 0 Å². The maximum absolute atomic E-state index is 13.2. The number of ether oxygens (including phenoxy) is 1. The van der Waals surface area contributed by atoms with E-state index in [1.165, 1.54) is 19.2 Å². The fourth-order valence-electron chi connectivity index (χ4n) is 2.52. The zero-order valence-electron chi connectivity index (χ0n) is 10.9. The SMILES string of the molecule is COC(=O)[C@H]1CCCCN1Cc1cc(F)cc(F)c1. The highest BCUT2D eigenvalue weighted by molar-refractivity contribution is 5.75. The number of carbonyl (C=O) groups is 1. The van der Waals surface area contributed by atoms with E-state index in [0.717, 1.165) is 31.9 Å². The molecule has 0 radical (unpaired) electrons. The van der Waals surface area contributed by atoms with Crippen molar-refractivity contribution in [3.05, 3.63) is 35.4 Å². The van der Waals surface area contributed by atoms with Gasteiger partial charge in [0, 0.05) is 12.6 Å². The predicted octanol–water partition coefficient (Wildman–Crippen LogP) is 2.49. The first-order valence-electron chi connectivity index (χ1n) is 6.37. The largest absolute Gasteiger partial charge is 0.468 e. The summed E-state index contributed by atoms with van der Waals surface area (Å²) in [5, 5.41) is 0. The summed E-state index contributed by atoms with van der Waals surface area (Å²) in [4.78, 5) is 13.6. The Labute approximate surface area is 111 Å². The highest BCUT2D eigenvalue weighted by atomic mass is 19.1. The van der Waals surface area contributed by atoms with Crippen LogP contribution in [0.25, 0.3) is 0 Å². The molecule has 2 rings (SSSR count). The molecule has 5 heteroatoms. The lowest BCUT2D eigenvalue weighted by atomic mass is 10.0. The van der Waals surface area contributed by atoms with Gasteiger partial charge in [-0.15, -0.1) is 0 Å². The van der Waals surface area contributed by atoms with Crippen LogP contribution in [0.4, 0.5) is 8.78 Å². The van der Waals surface area contributed by atoms with Crippen LogP contribution in [0.3, 0.4) is 0 Å². The van der Waals surface area contributed by atoms with Gasteiger partial charge in [-0.3, -0.25) is 9.69 Å². The quantitative estimate of drug-likeness (QED) is 0.790. The van der Waals surface area contributed by atoms with Gasteiger partial charge in [0.25, 0.3) is 0 Å². The molecular weight excluding hydrogens is 252 g/mol. The Hall–Kier alpha value is -1.49. The van der Waals surface area contributed by atoms with Crippen molar-refractivity contribution in [1.82, 2.24) is 4.90 Å². The average molecular weight is 269 g/mol. The second kappa shape index (κ2) is 6.10. The predicted molar refractivity (Wildman–Crippen MR) is 66.4 cm³/mol. The van der Waals surface area contributed by atoms with E-state index in [1.807, 2.05) is 4.90 Å². The van der Waals surface area contributed by atoms with Crippen LogP contribution in [0, 0.1) is 11.6 Å². The van der Waals surface area contributed by atoms with Gasteiger partial charge in [-0.2, -0.15) is 0 Å². The normalized spacial score (nSPS) is 20.3. The number of esters is 1. The molecule has 0 amide bonds. The molecule has 1 aromatic carbocycles. The third kappa shape index (κ3) is 3.50. The number of halogens is 2. The lowest BCUT2D eigenvalue weighted by Crippen LogP contribution is -2.44. The summed E-state index contributed by atoms with van der Waals surface area (Å²) in [6.07, 6.45) is 2.67. The zero-order valence-corrected chi connectivity index (χ0v) is 10.9. The van der Waals surface area contributed by atoms with Crippen molar-refractivity contribution in [2.24, 2.45) is 0 Å². The Morgan fingerprint density at radius 1 is 1.32 bits per heavy atom. The second-order valence-electron chi connectivity index (χ2n) is 4.78. The van der Waals surface area contributed by atoms with Crippen LogP contribution in [0.5, 0.6) is 0 Å². The molecule has 0 unspecified atom stereocenters. The van der Waals surface area contributed by atoms with Crippen LogP contribution in [0.1, 0.15) is 24.8 Å². The lowest BCUT2D eigenvalue weighted by molar-refractivity contribution is -0.148. The monoisotopic (exact) mass is 269 g/mol. The van der Waals surface area contributed by atoms with Gasteiger partial charge in [0.05, 0.1) is 7.11 Å². The van der Waals surface area contributed by atoms with E-state index in [4.69, 9.17) is 4.74 Å². The van der Waals surface area contributed by atoms with Gasteiger partial charge in [0.15, 0.2) is 0 Å². The van der Waals surface area contributed by atoms with Crippen LogP contribution < -0.4 is 0 Å². The Bertz CT molecular complexity index is 445. The molecule has 104 valence electrons. The first-order valence-corrected chi connectivity index (χ1v) is 6.37. The number of piperidine rings is 1. The van der Waals surface area contributed by atoms with Crippen molar-refractivity contribution >= 4 is 5.97 Å². The summed E-state index contributed by atoms with van der Waals surface area (Å²) in [6, 6.07) is 3.13. The molecule has 1 fully saturated rings. The molecule has 0 spiro atoms. The number of carbonyl (C=O) groups excluding carboxylic acids is 1. The third-order valence-electron chi connectivity index (χ3n) is 3.39. The summed E-state index contributed by atoms with van der Waals surface area (Å²) in [6.45, 7) is 1.09. The highest BCUT2D eigenvalue weighted by Crippen LogP contribution is 2.21. The molecule has 1 aromatic rings. The standard InChI is InChI=1S/C14H17F2NO2/c1-19-14(18)13-4-2-3-5-17(13)9-10-6-11(15)8-12(16)7-10/h6-8,13H,2-5,9H2,1H3/t13-/m1/s1. The van der Waals surface area contributed by atoms with Crippen LogP contribution in [0.15, 0.2) is 18.2 Å². The van der Waals surface area contributed by atoms with Crippen molar-refractivity contribution < 1.29 is 18.3 Å². The van der Waals surface area contributed by atoms with E-state index in [2.05, 4.69) is 0 Å². The van der Waals surface area contributed by atoms with Crippen LogP contribution in [-0.2, 0) is 16.1 Å². The molecule has 1 aliphatic rings. The van der Waals surface area contributed by atoms with Crippen LogP contribution in [-0.4, -0.2) is 30.6 Å². The fraction of sp³-hybridized carbons (Fsp3) is 0.500. The Kier molecular flexibility index (Phi) is 4.47. The number of methoxy groups -OCH3 is 1. The molecule has 1 aliphatic heterocycles. The zero-order chi connectivity index (χ0) is 13.8. The molecule has 0 bridgehead atoms. The van der Waals surface area contributed by atoms with Crippen LogP contribution in [0.2, 0.25) is 0 Å². The number of hydrogen-bond acceptors (Lipinski definition) is 3. The number of likely N-dealkylation sites (tertiary alicyclic amines) is 1. The summed E-state index contributed by atoms with van der Waals surface area (Å²) < 4.78 is 31.1. The van der Waals surface area contributed by atoms with Gasteiger partial charge in [-0.05, 0) is 37.1 Å². The van der Waals surface area contributed by atoms with Gasteiger partial charge in [-0.25, -0.2) is 8.78 Å². The smallest absolute Gasteiger partial charge is 0.323 e. The van der Waals surface area contributed by atoms with Crippen molar-refractivity contribution in [3.63, 3.8) is 0 Å². The van der Waals surface area contributed by atoms with Crippen molar-refractivity contribution in [1.29, 1.82) is 0 Å². The Balaban J connectivity index is 2.12. The van der Waals surface area contributed by atoms with Gasteiger partial charge < -0.3 is 4.74 Å². The number of hydrogen-bond donors (Lipinski definition) is 0. The van der Waals surface area contributed by atoms with E-state index in [0.29, 0.717) is 12.1 Å². The molecule has 3 nitrogen and oxygen atoms in total. The summed E-state index contributed by atoms with van der Waals surface area (Å²) in [7, 11) is 1.36. The third-order valence-corrected chi connectivity index (χ3v) is 3.39. The molecule has 1 heterocycles. The maximum atomic E-state index is 13.2. The fourth-order valence-corrected chi connectivity index (χ4v) is 2.52. The van der Waals surface area contributed by atoms with E-state index in [1.54, 1.807) is 0 Å². The minimum Gasteiger partial charge on any atom is -0.468 e. The molecule has 0 saturated carbocycles. The number of nitrogens with zero attached hydrogens (tertiary/aromatic N) is 1. The minimum atomic E-state index is -0.596. The van der Waals surface area contributed by atoms with E-state index in [-0.39, 0.29) is 12.0 Å². The lowest BCUT2D eigenvalue weighted by Gasteiger charge is -2.33. The van der Waals surface area contributed by atoms with Crippen molar-refractivity contribution in [2.45, 2.75) is 31.8 Å². The first-order chi connectivity index (χ1) is 9.10. The van der Waals surface area contributed by atoms with Crippen molar-refractivity contribution in [3.8, 4) is 0 Å². The molecule has 0 aromatic heterocycles. The average Bonchev–Trinajstić information content (AvgIpc) is 2.37. The molecule has 19 heavy (non-hydrogen) atoms. The van der Waals surface area contributed by atoms with Gasteiger partial charge in [-0.1, -0.05) is 6.42 Å². The first kappa shape index (κ1) is 13.9. The van der Waals surface area contributed by atoms with Crippen LogP contribution >= 0.6 is 0 Å². The summed E-state index contributed by atoms with van der Waals surface area (Å²) in [5.41, 5.74) is 0.535. The Morgan fingerprint density at radius 3 is 2.63 bits per heavy atom. The Morgan fingerprint density at radius 2 is 2.00 bits per heavy atom. The summed E-state index contributed by atoms with van der Waals surface area (Å²) >= 11 is 0. The van der Waals surface area contributed by atoms with Gasteiger partial charge in [0.2, 0.25) is 0 Å². The molecule has 0 aliphatic carbocycles. The number of benzene rings is 1. The minimum absolute atomic E-state index is 0.281. The molecule has 1 atom stereocenters. The van der Waals surface area contributed by atoms with Gasteiger partial charge in [0.1, 0.15) is 17.7 Å². The number of rotatable bonds is 3. The molecule has 0 N–H and O–H groups in total. The maximum Gasteiger partial charge on any atom is 0.323 e.